The Morgan fingerprint density at radius 2 is 1.78 bits per heavy atom. The molecule has 0 aromatic carbocycles. The summed E-state index contributed by atoms with van der Waals surface area (Å²) in [6, 6.07) is 0.879. The van der Waals surface area contributed by atoms with Gasteiger partial charge >= 0.3 is 0 Å². The van der Waals surface area contributed by atoms with Crippen molar-refractivity contribution in [3.05, 3.63) is 0 Å². The Hall–Kier alpha value is -0.0800. The maximum Gasteiger partial charge on any atom is 0.00953 e. The van der Waals surface area contributed by atoms with Crippen molar-refractivity contribution >= 4 is 0 Å². The fraction of sp³-hybridized carbons (Fsp3) is 1.00. The van der Waals surface area contributed by atoms with E-state index in [0.717, 1.165) is 24.4 Å². The molecule has 0 aliphatic heterocycles. The lowest BCUT2D eigenvalue weighted by Gasteiger charge is -2.32. The van der Waals surface area contributed by atoms with Gasteiger partial charge in [0.05, 0.1) is 0 Å². The van der Waals surface area contributed by atoms with Crippen LogP contribution in [0.25, 0.3) is 0 Å². The monoisotopic (exact) mass is 254 g/mol. The minimum atomic E-state index is 0.807. The van der Waals surface area contributed by atoms with E-state index in [2.05, 4.69) is 25.7 Å². The van der Waals surface area contributed by atoms with Crippen LogP contribution in [0.4, 0.5) is 0 Å². The van der Waals surface area contributed by atoms with Gasteiger partial charge in [-0.1, -0.05) is 33.6 Å². The van der Waals surface area contributed by atoms with Crippen LogP contribution in [0.1, 0.15) is 65.7 Å². The van der Waals surface area contributed by atoms with E-state index in [4.69, 9.17) is 5.73 Å². The van der Waals surface area contributed by atoms with E-state index in [-0.39, 0.29) is 0 Å². The van der Waals surface area contributed by atoms with E-state index in [1.807, 2.05) is 0 Å². The second-order valence-electron chi connectivity index (χ2n) is 6.65. The van der Waals surface area contributed by atoms with Gasteiger partial charge in [0, 0.05) is 12.6 Å². The average Bonchev–Trinajstić information content (AvgIpc) is 2.85. The third-order valence-corrected chi connectivity index (χ3v) is 4.28. The van der Waals surface area contributed by atoms with Gasteiger partial charge in [-0.25, -0.2) is 0 Å². The first-order chi connectivity index (χ1) is 8.63. The summed E-state index contributed by atoms with van der Waals surface area (Å²) in [6.45, 7) is 10.5. The van der Waals surface area contributed by atoms with E-state index < -0.39 is 0 Å². The van der Waals surface area contributed by atoms with Gasteiger partial charge < -0.3 is 10.6 Å². The van der Waals surface area contributed by atoms with Gasteiger partial charge in [-0.2, -0.15) is 0 Å². The van der Waals surface area contributed by atoms with E-state index in [1.54, 1.807) is 0 Å². The standard InChI is InChI=1S/C16H34N2/c1-14(2)10-12-18(16-8-4-5-9-16)13-15(3)7-6-11-17/h14-16H,4-13,17H2,1-3H3. The first-order valence-corrected chi connectivity index (χ1v) is 8.07. The largest absolute Gasteiger partial charge is 0.330 e. The van der Waals surface area contributed by atoms with Crippen LogP contribution >= 0.6 is 0 Å². The molecule has 0 bridgehead atoms. The summed E-state index contributed by atoms with van der Waals surface area (Å²) < 4.78 is 0. The van der Waals surface area contributed by atoms with Crippen molar-refractivity contribution in [1.29, 1.82) is 0 Å². The molecule has 2 N–H and O–H groups in total. The molecule has 108 valence electrons. The van der Waals surface area contributed by atoms with E-state index in [0.29, 0.717) is 0 Å². The van der Waals surface area contributed by atoms with Crippen molar-refractivity contribution < 1.29 is 0 Å². The average molecular weight is 254 g/mol. The molecule has 2 heteroatoms. The molecule has 1 aliphatic rings. The van der Waals surface area contributed by atoms with Crippen molar-refractivity contribution in [3.63, 3.8) is 0 Å². The minimum absolute atomic E-state index is 0.807. The molecule has 1 saturated carbocycles. The van der Waals surface area contributed by atoms with Gasteiger partial charge in [-0.15, -0.1) is 0 Å². The first-order valence-electron chi connectivity index (χ1n) is 8.07. The molecule has 0 spiro atoms. The fourth-order valence-corrected chi connectivity index (χ4v) is 3.07. The zero-order valence-corrected chi connectivity index (χ0v) is 12.8. The van der Waals surface area contributed by atoms with Gasteiger partial charge in [0.2, 0.25) is 0 Å². The zero-order chi connectivity index (χ0) is 13.4. The molecule has 1 rings (SSSR count). The quantitative estimate of drug-likeness (QED) is 0.680. The van der Waals surface area contributed by atoms with Crippen molar-refractivity contribution in [3.8, 4) is 0 Å². The Morgan fingerprint density at radius 1 is 1.11 bits per heavy atom. The highest BCUT2D eigenvalue weighted by Crippen LogP contribution is 2.25. The summed E-state index contributed by atoms with van der Waals surface area (Å²) >= 11 is 0. The lowest BCUT2D eigenvalue weighted by atomic mass is 10.0. The Kier molecular flexibility index (Phi) is 7.92. The number of hydrogen-bond acceptors (Lipinski definition) is 2. The molecule has 18 heavy (non-hydrogen) atoms. The van der Waals surface area contributed by atoms with Crippen LogP contribution in [0.3, 0.4) is 0 Å². The zero-order valence-electron chi connectivity index (χ0n) is 12.8. The summed E-state index contributed by atoms with van der Waals surface area (Å²) in [5, 5.41) is 0. The van der Waals surface area contributed by atoms with Crippen molar-refractivity contribution in [2.75, 3.05) is 19.6 Å². The van der Waals surface area contributed by atoms with Crippen LogP contribution in [-0.2, 0) is 0 Å². The number of hydrogen-bond donors (Lipinski definition) is 1. The Labute approximate surface area is 114 Å². The van der Waals surface area contributed by atoms with Gasteiger partial charge in [-0.3, -0.25) is 0 Å². The predicted octanol–water partition coefficient (Wildman–Crippen LogP) is 3.65. The molecule has 2 nitrogen and oxygen atoms in total. The summed E-state index contributed by atoms with van der Waals surface area (Å²) in [5.41, 5.74) is 5.61. The molecular formula is C16H34N2. The second kappa shape index (κ2) is 8.92. The Morgan fingerprint density at radius 3 is 2.33 bits per heavy atom. The summed E-state index contributed by atoms with van der Waals surface area (Å²) in [4.78, 5) is 2.79. The molecule has 0 amide bonds. The van der Waals surface area contributed by atoms with Crippen molar-refractivity contribution in [2.45, 2.75) is 71.8 Å². The fourth-order valence-electron chi connectivity index (χ4n) is 3.07. The topological polar surface area (TPSA) is 29.3 Å². The highest BCUT2D eigenvalue weighted by molar-refractivity contribution is 4.79. The highest BCUT2D eigenvalue weighted by atomic mass is 15.2. The third-order valence-electron chi connectivity index (χ3n) is 4.28. The van der Waals surface area contributed by atoms with Gasteiger partial charge in [-0.05, 0) is 57.0 Å². The SMILES string of the molecule is CC(C)CCN(CC(C)CCCN)C1CCCC1. The Bertz CT molecular complexity index is 197. The lowest BCUT2D eigenvalue weighted by Crippen LogP contribution is -2.38. The van der Waals surface area contributed by atoms with Gasteiger partial charge in [0.25, 0.3) is 0 Å². The number of nitrogens with zero attached hydrogens (tertiary/aromatic N) is 1. The number of rotatable bonds is 9. The Balaban J connectivity index is 2.37. The molecule has 0 saturated heterocycles. The molecule has 0 aromatic heterocycles. The van der Waals surface area contributed by atoms with Crippen LogP contribution in [0, 0.1) is 11.8 Å². The second-order valence-corrected chi connectivity index (χ2v) is 6.65. The van der Waals surface area contributed by atoms with Gasteiger partial charge in [0.1, 0.15) is 0 Å². The van der Waals surface area contributed by atoms with Crippen LogP contribution in [0.2, 0.25) is 0 Å². The maximum absolute atomic E-state index is 5.61. The smallest absolute Gasteiger partial charge is 0.00953 e. The first kappa shape index (κ1) is 16.0. The molecule has 0 aromatic rings. The lowest BCUT2D eigenvalue weighted by molar-refractivity contribution is 0.160. The summed E-state index contributed by atoms with van der Waals surface area (Å²) in [6.07, 6.45) is 9.58. The molecule has 1 fully saturated rings. The van der Waals surface area contributed by atoms with Crippen LogP contribution < -0.4 is 5.73 Å². The molecule has 1 atom stereocenters. The van der Waals surface area contributed by atoms with Gasteiger partial charge in [0.15, 0.2) is 0 Å². The maximum atomic E-state index is 5.61. The summed E-state index contributed by atoms with van der Waals surface area (Å²) in [5.74, 6) is 1.63. The molecule has 1 aliphatic carbocycles. The van der Waals surface area contributed by atoms with Crippen LogP contribution in [-0.4, -0.2) is 30.6 Å². The van der Waals surface area contributed by atoms with E-state index >= 15 is 0 Å². The van der Waals surface area contributed by atoms with E-state index in [9.17, 15) is 0 Å². The molecular weight excluding hydrogens is 220 g/mol. The van der Waals surface area contributed by atoms with E-state index in [1.165, 1.54) is 58.0 Å². The minimum Gasteiger partial charge on any atom is -0.330 e. The highest BCUT2D eigenvalue weighted by Gasteiger charge is 2.23. The van der Waals surface area contributed by atoms with Crippen molar-refractivity contribution in [2.24, 2.45) is 17.6 Å². The molecule has 0 radical (unpaired) electrons. The number of nitrogens with two attached hydrogens (primary N) is 1. The van der Waals surface area contributed by atoms with Crippen molar-refractivity contribution in [1.82, 2.24) is 4.90 Å². The predicted molar refractivity (Wildman–Crippen MR) is 80.7 cm³/mol. The van der Waals surface area contributed by atoms with Crippen LogP contribution in [0.5, 0.6) is 0 Å². The summed E-state index contributed by atoms with van der Waals surface area (Å²) in [7, 11) is 0. The molecule has 1 unspecified atom stereocenters. The third kappa shape index (κ3) is 6.19. The molecule has 0 heterocycles. The van der Waals surface area contributed by atoms with Crippen LogP contribution in [0.15, 0.2) is 0 Å². The normalized spacial score (nSPS) is 19.0.